The fraction of sp³-hybridized carbons (Fsp3) is 0.208. The summed E-state index contributed by atoms with van der Waals surface area (Å²) in [7, 11) is 1.56. The number of ether oxygens (including phenoxy) is 2. The van der Waals surface area contributed by atoms with Gasteiger partial charge in [-0.15, -0.1) is 0 Å². The van der Waals surface area contributed by atoms with Crippen LogP contribution in [0.25, 0.3) is 0 Å². The molecule has 1 aromatic heterocycles. The van der Waals surface area contributed by atoms with Crippen LogP contribution in [-0.2, 0) is 9.53 Å². The lowest BCUT2D eigenvalue weighted by Gasteiger charge is -2.28. The number of nitrogens with one attached hydrogen (secondary N) is 2. The third kappa shape index (κ3) is 6.03. The number of hydrogen-bond donors (Lipinski definition) is 2. The highest BCUT2D eigenvalue weighted by Crippen LogP contribution is 2.34. The van der Waals surface area contributed by atoms with Gasteiger partial charge in [-0.1, -0.05) is 18.3 Å². The quantitative estimate of drug-likeness (QED) is 0.377. The highest BCUT2D eigenvalue weighted by atomic mass is 32.2. The number of anilines is 4. The zero-order chi connectivity index (χ0) is 23.0. The Hall–Kier alpha value is -3.56. The zero-order valence-corrected chi connectivity index (χ0v) is 19.1. The minimum Gasteiger partial charge on any atom is -0.495 e. The number of carbonyl (C=O) groups excluding carboxylic acids is 1. The number of hydrogen-bond acceptors (Lipinski definition) is 8. The Balaban J connectivity index is 1.42. The van der Waals surface area contributed by atoms with E-state index < -0.39 is 0 Å². The van der Waals surface area contributed by atoms with Gasteiger partial charge >= 0.3 is 0 Å². The van der Waals surface area contributed by atoms with E-state index in [-0.39, 0.29) is 5.91 Å². The summed E-state index contributed by atoms with van der Waals surface area (Å²) in [5.74, 6) is 0.780. The van der Waals surface area contributed by atoms with Crippen LogP contribution >= 0.6 is 11.8 Å². The Bertz CT molecular complexity index is 1120. The van der Waals surface area contributed by atoms with Crippen LogP contribution < -0.4 is 20.3 Å². The molecule has 0 aliphatic carbocycles. The molecule has 0 unspecified atom stereocenters. The Labute approximate surface area is 197 Å². The second kappa shape index (κ2) is 10.8. The van der Waals surface area contributed by atoms with Crippen molar-refractivity contribution in [3.63, 3.8) is 0 Å². The summed E-state index contributed by atoms with van der Waals surface area (Å²) in [6.07, 6.45) is 2.93. The lowest BCUT2D eigenvalue weighted by Crippen LogP contribution is -2.36. The SMILES string of the molecule is C=CC(=O)Nc1ccc(Sc2ccnc(Nc3ccc(N4CCOCC4)cc3)n2)cc1OC. The van der Waals surface area contributed by atoms with Crippen molar-refractivity contribution in [1.29, 1.82) is 0 Å². The molecule has 33 heavy (non-hydrogen) atoms. The molecule has 0 bridgehead atoms. The van der Waals surface area contributed by atoms with Crippen molar-refractivity contribution in [1.82, 2.24) is 9.97 Å². The minimum absolute atomic E-state index is 0.293. The summed E-state index contributed by atoms with van der Waals surface area (Å²) in [6.45, 7) is 6.79. The summed E-state index contributed by atoms with van der Waals surface area (Å²) in [5, 5.41) is 6.77. The average Bonchev–Trinajstić information content (AvgIpc) is 2.86. The summed E-state index contributed by atoms with van der Waals surface area (Å²) >= 11 is 1.47. The van der Waals surface area contributed by atoms with Gasteiger partial charge in [-0.2, -0.15) is 0 Å². The molecule has 2 N–H and O–H groups in total. The van der Waals surface area contributed by atoms with Crippen LogP contribution in [-0.4, -0.2) is 49.3 Å². The molecular formula is C24H25N5O3S. The van der Waals surface area contributed by atoms with E-state index in [2.05, 4.69) is 44.2 Å². The van der Waals surface area contributed by atoms with Gasteiger partial charge in [0.25, 0.3) is 0 Å². The summed E-state index contributed by atoms with van der Waals surface area (Å²) < 4.78 is 10.8. The van der Waals surface area contributed by atoms with Crippen molar-refractivity contribution < 1.29 is 14.3 Å². The molecule has 1 saturated heterocycles. The van der Waals surface area contributed by atoms with Crippen LogP contribution in [0, 0.1) is 0 Å². The molecule has 0 radical (unpaired) electrons. The largest absolute Gasteiger partial charge is 0.495 e. The molecule has 2 heterocycles. The molecule has 0 spiro atoms. The molecule has 1 amide bonds. The van der Waals surface area contributed by atoms with E-state index in [9.17, 15) is 4.79 Å². The molecule has 4 rings (SSSR count). The van der Waals surface area contributed by atoms with E-state index in [0.717, 1.165) is 41.9 Å². The van der Waals surface area contributed by atoms with E-state index in [1.165, 1.54) is 23.5 Å². The molecule has 3 aromatic rings. The van der Waals surface area contributed by atoms with Crippen LogP contribution in [0.15, 0.2) is 77.3 Å². The molecule has 0 atom stereocenters. The Morgan fingerprint density at radius 1 is 1.18 bits per heavy atom. The molecule has 1 fully saturated rings. The summed E-state index contributed by atoms with van der Waals surface area (Å²) in [6, 6.07) is 15.6. The first-order valence-electron chi connectivity index (χ1n) is 10.5. The Kier molecular flexibility index (Phi) is 7.43. The Morgan fingerprint density at radius 3 is 2.70 bits per heavy atom. The number of aromatic nitrogens is 2. The van der Waals surface area contributed by atoms with Gasteiger partial charge in [0.05, 0.1) is 26.0 Å². The van der Waals surface area contributed by atoms with Crippen LogP contribution in [0.2, 0.25) is 0 Å². The first-order valence-corrected chi connectivity index (χ1v) is 11.3. The predicted molar refractivity (Wildman–Crippen MR) is 131 cm³/mol. The zero-order valence-electron chi connectivity index (χ0n) is 18.3. The highest BCUT2D eigenvalue weighted by molar-refractivity contribution is 7.99. The van der Waals surface area contributed by atoms with Gasteiger partial charge < -0.3 is 25.0 Å². The first-order chi connectivity index (χ1) is 16.1. The van der Waals surface area contributed by atoms with Crippen molar-refractivity contribution in [2.75, 3.05) is 48.9 Å². The lowest BCUT2D eigenvalue weighted by atomic mass is 10.2. The van der Waals surface area contributed by atoms with Crippen LogP contribution in [0.1, 0.15) is 0 Å². The summed E-state index contributed by atoms with van der Waals surface area (Å²) in [5.41, 5.74) is 2.67. The molecule has 8 nitrogen and oxygen atoms in total. The number of nitrogens with zero attached hydrogens (tertiary/aromatic N) is 3. The van der Waals surface area contributed by atoms with Crippen molar-refractivity contribution >= 4 is 40.7 Å². The molecule has 9 heteroatoms. The van der Waals surface area contributed by atoms with Crippen LogP contribution in [0.5, 0.6) is 5.75 Å². The lowest BCUT2D eigenvalue weighted by molar-refractivity contribution is -0.111. The standard InChI is InChI=1S/C24H25N5O3S/c1-3-22(30)27-20-9-8-19(16-21(20)31-2)33-23-10-11-25-24(28-23)26-17-4-6-18(7-5-17)29-12-14-32-15-13-29/h3-11,16H,1,12-15H2,2H3,(H,27,30)(H,25,26,28). The maximum atomic E-state index is 11.6. The number of rotatable bonds is 8. The topological polar surface area (TPSA) is 88.6 Å². The van der Waals surface area contributed by atoms with Crippen LogP contribution in [0.4, 0.5) is 23.0 Å². The van der Waals surface area contributed by atoms with E-state index in [1.54, 1.807) is 19.4 Å². The molecule has 2 aromatic carbocycles. The normalized spacial score (nSPS) is 13.3. The monoisotopic (exact) mass is 463 g/mol. The van der Waals surface area contributed by atoms with Gasteiger partial charge in [0, 0.05) is 35.6 Å². The average molecular weight is 464 g/mol. The van der Waals surface area contributed by atoms with E-state index in [4.69, 9.17) is 9.47 Å². The molecule has 1 aliphatic rings. The number of morpholine rings is 1. The van der Waals surface area contributed by atoms with E-state index >= 15 is 0 Å². The van der Waals surface area contributed by atoms with Gasteiger partial charge in [-0.05, 0) is 54.6 Å². The molecule has 170 valence electrons. The number of carbonyl (C=O) groups is 1. The maximum Gasteiger partial charge on any atom is 0.247 e. The predicted octanol–water partition coefficient (Wildman–Crippen LogP) is 4.34. The van der Waals surface area contributed by atoms with Gasteiger partial charge in [0.15, 0.2) is 0 Å². The number of amides is 1. The van der Waals surface area contributed by atoms with Crippen LogP contribution in [0.3, 0.4) is 0 Å². The smallest absolute Gasteiger partial charge is 0.247 e. The third-order valence-electron chi connectivity index (χ3n) is 4.97. The second-order valence-corrected chi connectivity index (χ2v) is 8.24. The highest BCUT2D eigenvalue weighted by Gasteiger charge is 2.12. The van der Waals surface area contributed by atoms with Crippen molar-refractivity contribution in [2.45, 2.75) is 9.92 Å². The molecule has 1 aliphatic heterocycles. The van der Waals surface area contributed by atoms with E-state index in [1.807, 2.05) is 30.3 Å². The second-order valence-electron chi connectivity index (χ2n) is 7.15. The van der Waals surface area contributed by atoms with Crippen molar-refractivity contribution in [3.05, 3.63) is 67.4 Å². The maximum absolute atomic E-state index is 11.6. The van der Waals surface area contributed by atoms with Crippen molar-refractivity contribution in [2.24, 2.45) is 0 Å². The number of methoxy groups -OCH3 is 1. The minimum atomic E-state index is -0.293. The van der Waals surface area contributed by atoms with Gasteiger partial charge in [0.2, 0.25) is 11.9 Å². The fourth-order valence-electron chi connectivity index (χ4n) is 3.31. The first kappa shape index (κ1) is 22.6. The van der Waals surface area contributed by atoms with E-state index in [0.29, 0.717) is 17.4 Å². The fourth-order valence-corrected chi connectivity index (χ4v) is 4.11. The number of benzene rings is 2. The molecular weight excluding hydrogens is 438 g/mol. The molecule has 0 saturated carbocycles. The van der Waals surface area contributed by atoms with Gasteiger partial charge in [-0.3, -0.25) is 4.79 Å². The Morgan fingerprint density at radius 2 is 1.97 bits per heavy atom. The summed E-state index contributed by atoms with van der Waals surface area (Å²) in [4.78, 5) is 23.8. The third-order valence-corrected chi connectivity index (χ3v) is 5.89. The van der Waals surface area contributed by atoms with Gasteiger partial charge in [0.1, 0.15) is 10.8 Å². The van der Waals surface area contributed by atoms with Crippen molar-refractivity contribution in [3.8, 4) is 5.75 Å². The van der Waals surface area contributed by atoms with Gasteiger partial charge in [-0.25, -0.2) is 9.97 Å².